The fourth-order valence-corrected chi connectivity index (χ4v) is 3.24. The fourth-order valence-electron chi connectivity index (χ4n) is 2.54. The molecule has 1 fully saturated rings. The van der Waals surface area contributed by atoms with Crippen molar-refractivity contribution < 1.29 is 9.53 Å². The molecule has 7 heteroatoms. The largest absolute Gasteiger partial charge is 0.380 e. The summed E-state index contributed by atoms with van der Waals surface area (Å²) in [5, 5.41) is 8.72. The molecule has 2 aromatic heterocycles. The Labute approximate surface area is 120 Å². The summed E-state index contributed by atoms with van der Waals surface area (Å²) in [5.74, 6) is 0.831. The van der Waals surface area contributed by atoms with E-state index in [2.05, 4.69) is 15.2 Å². The van der Waals surface area contributed by atoms with E-state index in [0.29, 0.717) is 13.0 Å². The van der Waals surface area contributed by atoms with Gasteiger partial charge in [0, 0.05) is 25.0 Å². The number of nitrogens with zero attached hydrogens (tertiary/aromatic N) is 3. The number of carbonyl (C=O) groups excluding carboxylic acids is 1. The third-order valence-electron chi connectivity index (χ3n) is 3.57. The van der Waals surface area contributed by atoms with Gasteiger partial charge < -0.3 is 9.64 Å². The number of methoxy groups -OCH3 is 1. The summed E-state index contributed by atoms with van der Waals surface area (Å²) in [5.41, 5.74) is 0. The van der Waals surface area contributed by atoms with Crippen molar-refractivity contribution in [1.82, 2.24) is 20.1 Å². The van der Waals surface area contributed by atoms with Crippen LogP contribution >= 0.6 is 11.3 Å². The van der Waals surface area contributed by atoms with Crippen molar-refractivity contribution in [1.29, 1.82) is 0 Å². The molecule has 106 valence electrons. The molecule has 2 aromatic rings. The molecule has 3 rings (SSSR count). The van der Waals surface area contributed by atoms with Gasteiger partial charge in [-0.1, -0.05) is 6.07 Å². The number of rotatable bonds is 4. The van der Waals surface area contributed by atoms with Crippen molar-refractivity contribution in [3.63, 3.8) is 0 Å². The van der Waals surface area contributed by atoms with Crippen LogP contribution in [0.1, 0.15) is 23.2 Å². The zero-order chi connectivity index (χ0) is 13.9. The predicted octanol–water partition coefficient (Wildman–Crippen LogP) is 1.40. The standard InChI is InChI=1S/C13H16N4O2S/c1-19-9-5-11(13-14-8-15-16-13)17(7-9)12(18)6-10-3-2-4-20-10/h2-4,8-9,11H,5-7H2,1H3,(H,14,15,16)/t9-,11+/m1/s1. The van der Waals surface area contributed by atoms with Crippen molar-refractivity contribution in [2.45, 2.75) is 25.0 Å². The second kappa shape index (κ2) is 5.72. The van der Waals surface area contributed by atoms with E-state index >= 15 is 0 Å². The van der Waals surface area contributed by atoms with Crippen LogP contribution < -0.4 is 0 Å². The molecule has 0 saturated carbocycles. The molecule has 1 aliphatic heterocycles. The number of carbonyl (C=O) groups is 1. The highest BCUT2D eigenvalue weighted by atomic mass is 32.1. The Hall–Kier alpha value is -1.73. The van der Waals surface area contributed by atoms with Gasteiger partial charge in [0.1, 0.15) is 12.2 Å². The third kappa shape index (κ3) is 2.59. The van der Waals surface area contributed by atoms with Crippen molar-refractivity contribution in [2.24, 2.45) is 0 Å². The second-order valence-corrected chi connectivity index (χ2v) is 5.81. The molecule has 0 spiro atoms. The van der Waals surface area contributed by atoms with Crippen LogP contribution in [0, 0.1) is 0 Å². The molecule has 2 atom stereocenters. The third-order valence-corrected chi connectivity index (χ3v) is 4.45. The minimum Gasteiger partial charge on any atom is -0.380 e. The molecule has 1 saturated heterocycles. The number of nitrogens with one attached hydrogen (secondary N) is 1. The Kier molecular flexibility index (Phi) is 3.79. The number of hydrogen-bond acceptors (Lipinski definition) is 5. The van der Waals surface area contributed by atoms with Crippen LogP contribution in [-0.2, 0) is 16.0 Å². The molecule has 0 bridgehead atoms. The summed E-state index contributed by atoms with van der Waals surface area (Å²) < 4.78 is 5.40. The quantitative estimate of drug-likeness (QED) is 0.924. The van der Waals surface area contributed by atoms with Crippen LogP contribution in [0.4, 0.5) is 0 Å². The molecule has 0 aliphatic carbocycles. The lowest BCUT2D eigenvalue weighted by Gasteiger charge is -2.22. The lowest BCUT2D eigenvalue weighted by atomic mass is 10.2. The van der Waals surface area contributed by atoms with E-state index in [4.69, 9.17) is 4.74 Å². The summed E-state index contributed by atoms with van der Waals surface area (Å²) >= 11 is 1.60. The number of ether oxygens (including phenoxy) is 1. The molecule has 1 aliphatic rings. The summed E-state index contributed by atoms with van der Waals surface area (Å²) in [7, 11) is 1.68. The van der Waals surface area contributed by atoms with Gasteiger partial charge in [0.15, 0.2) is 0 Å². The van der Waals surface area contributed by atoms with Gasteiger partial charge in [-0.25, -0.2) is 4.98 Å². The molecule has 20 heavy (non-hydrogen) atoms. The predicted molar refractivity (Wildman–Crippen MR) is 74.3 cm³/mol. The number of likely N-dealkylation sites (tertiary alicyclic amines) is 1. The number of aromatic nitrogens is 3. The molecule has 0 unspecified atom stereocenters. The molecule has 6 nitrogen and oxygen atoms in total. The first kappa shape index (κ1) is 13.3. The van der Waals surface area contributed by atoms with E-state index in [-0.39, 0.29) is 18.1 Å². The van der Waals surface area contributed by atoms with Crippen LogP contribution in [0.3, 0.4) is 0 Å². The fraction of sp³-hybridized carbons (Fsp3) is 0.462. The summed E-state index contributed by atoms with van der Waals surface area (Å²) in [6.07, 6.45) is 2.70. The summed E-state index contributed by atoms with van der Waals surface area (Å²) in [6, 6.07) is 3.87. The van der Waals surface area contributed by atoms with Gasteiger partial charge >= 0.3 is 0 Å². The first-order chi connectivity index (χ1) is 9.78. The van der Waals surface area contributed by atoms with Gasteiger partial charge in [0.25, 0.3) is 0 Å². The Morgan fingerprint density at radius 2 is 2.55 bits per heavy atom. The highest BCUT2D eigenvalue weighted by Crippen LogP contribution is 2.31. The van der Waals surface area contributed by atoms with E-state index < -0.39 is 0 Å². The Bertz CT molecular complexity index is 555. The van der Waals surface area contributed by atoms with Gasteiger partial charge in [-0.2, -0.15) is 5.10 Å². The minimum atomic E-state index is -0.0742. The summed E-state index contributed by atoms with van der Waals surface area (Å²) in [6.45, 7) is 0.603. The van der Waals surface area contributed by atoms with E-state index in [1.807, 2.05) is 22.4 Å². The van der Waals surface area contributed by atoms with Crippen molar-refractivity contribution in [3.05, 3.63) is 34.5 Å². The van der Waals surface area contributed by atoms with Crippen LogP contribution in [0.2, 0.25) is 0 Å². The van der Waals surface area contributed by atoms with Gasteiger partial charge in [-0.3, -0.25) is 9.89 Å². The first-order valence-corrected chi connectivity index (χ1v) is 7.36. The zero-order valence-corrected chi connectivity index (χ0v) is 12.0. The van der Waals surface area contributed by atoms with Gasteiger partial charge in [0.05, 0.1) is 18.6 Å². The van der Waals surface area contributed by atoms with Gasteiger partial charge in [0.2, 0.25) is 5.91 Å². The highest BCUT2D eigenvalue weighted by Gasteiger charge is 2.37. The Morgan fingerprint density at radius 3 is 3.20 bits per heavy atom. The topological polar surface area (TPSA) is 71.1 Å². The van der Waals surface area contributed by atoms with Crippen molar-refractivity contribution in [3.8, 4) is 0 Å². The SMILES string of the molecule is CO[C@@H]1C[C@@H](c2ncn[nH]2)N(C(=O)Cc2cccs2)C1. The average molecular weight is 292 g/mol. The lowest BCUT2D eigenvalue weighted by Crippen LogP contribution is -2.33. The van der Waals surface area contributed by atoms with E-state index in [1.165, 1.54) is 6.33 Å². The smallest absolute Gasteiger partial charge is 0.228 e. The average Bonchev–Trinajstić information content (AvgIpc) is 3.19. The monoisotopic (exact) mass is 292 g/mol. The Morgan fingerprint density at radius 1 is 1.65 bits per heavy atom. The second-order valence-electron chi connectivity index (χ2n) is 4.78. The molecule has 0 radical (unpaired) electrons. The number of aromatic amines is 1. The number of thiophene rings is 1. The molecular formula is C13H16N4O2S. The minimum absolute atomic E-state index is 0.0531. The van der Waals surface area contributed by atoms with Crippen LogP contribution in [0.25, 0.3) is 0 Å². The molecule has 3 heterocycles. The number of H-pyrrole nitrogens is 1. The van der Waals surface area contributed by atoms with Gasteiger partial charge in [-0.05, 0) is 11.4 Å². The molecule has 0 aromatic carbocycles. The summed E-state index contributed by atoms with van der Waals surface area (Å²) in [4.78, 5) is 19.6. The maximum Gasteiger partial charge on any atom is 0.228 e. The maximum atomic E-state index is 12.5. The normalized spacial score (nSPS) is 22.4. The van der Waals surface area contributed by atoms with Crippen molar-refractivity contribution >= 4 is 17.2 Å². The van der Waals surface area contributed by atoms with Gasteiger partial charge in [-0.15, -0.1) is 11.3 Å². The molecule has 1 N–H and O–H groups in total. The Balaban J connectivity index is 1.76. The molecule has 1 amide bonds. The lowest BCUT2D eigenvalue weighted by molar-refractivity contribution is -0.131. The first-order valence-electron chi connectivity index (χ1n) is 6.48. The van der Waals surface area contributed by atoms with E-state index in [0.717, 1.165) is 17.1 Å². The van der Waals surface area contributed by atoms with Crippen LogP contribution in [-0.4, -0.2) is 45.7 Å². The van der Waals surface area contributed by atoms with Crippen molar-refractivity contribution in [2.75, 3.05) is 13.7 Å². The van der Waals surface area contributed by atoms with E-state index in [1.54, 1.807) is 18.4 Å². The molecular weight excluding hydrogens is 276 g/mol. The van der Waals surface area contributed by atoms with Crippen LogP contribution in [0.15, 0.2) is 23.8 Å². The number of amides is 1. The maximum absolute atomic E-state index is 12.5. The van der Waals surface area contributed by atoms with Crippen LogP contribution in [0.5, 0.6) is 0 Å². The highest BCUT2D eigenvalue weighted by molar-refractivity contribution is 7.10. The zero-order valence-electron chi connectivity index (χ0n) is 11.2. The van der Waals surface area contributed by atoms with E-state index in [9.17, 15) is 4.79 Å². The number of hydrogen-bond donors (Lipinski definition) is 1.